The molecule has 1 aromatic carbocycles. The van der Waals surface area contributed by atoms with E-state index < -0.39 is 0 Å². The lowest BCUT2D eigenvalue weighted by Gasteiger charge is -2.21. The summed E-state index contributed by atoms with van der Waals surface area (Å²) in [7, 11) is 0. The second-order valence-corrected chi connectivity index (χ2v) is 6.42. The number of nitrogens with one attached hydrogen (secondary N) is 2. The summed E-state index contributed by atoms with van der Waals surface area (Å²) < 4.78 is 0. The summed E-state index contributed by atoms with van der Waals surface area (Å²) in [4.78, 5) is 12.5. The Morgan fingerprint density at radius 1 is 1.22 bits per heavy atom. The first kappa shape index (κ1) is 15.8. The van der Waals surface area contributed by atoms with E-state index in [-0.39, 0.29) is 5.91 Å². The molecule has 0 atom stereocenters. The van der Waals surface area contributed by atoms with Crippen molar-refractivity contribution in [2.75, 3.05) is 6.54 Å². The number of amides is 1. The molecule has 1 fully saturated rings. The Balaban J connectivity index is 1.67. The van der Waals surface area contributed by atoms with E-state index in [0.29, 0.717) is 11.5 Å². The van der Waals surface area contributed by atoms with Crippen LogP contribution in [-0.2, 0) is 6.42 Å². The van der Waals surface area contributed by atoms with E-state index in [1.165, 1.54) is 37.7 Å². The maximum absolute atomic E-state index is 12.5. The number of hydrogen-bond acceptors (Lipinski definition) is 2. The van der Waals surface area contributed by atoms with Crippen LogP contribution in [-0.4, -0.2) is 22.6 Å². The third-order valence-electron chi connectivity index (χ3n) is 4.81. The fourth-order valence-electron chi connectivity index (χ4n) is 3.31. The zero-order valence-corrected chi connectivity index (χ0v) is 13.8. The number of hydrogen-bond donors (Lipinski definition) is 2. The molecule has 23 heavy (non-hydrogen) atoms. The van der Waals surface area contributed by atoms with Crippen LogP contribution >= 0.6 is 0 Å². The predicted molar refractivity (Wildman–Crippen MR) is 92.3 cm³/mol. The number of aryl methyl sites for hydroxylation is 1. The van der Waals surface area contributed by atoms with Gasteiger partial charge in [-0.05, 0) is 30.7 Å². The quantitative estimate of drug-likeness (QED) is 0.878. The van der Waals surface area contributed by atoms with E-state index in [9.17, 15) is 4.79 Å². The highest BCUT2D eigenvalue weighted by Gasteiger charge is 2.18. The van der Waals surface area contributed by atoms with Crippen LogP contribution in [0.15, 0.2) is 30.5 Å². The summed E-state index contributed by atoms with van der Waals surface area (Å²) in [5.41, 5.74) is 3.72. The highest BCUT2D eigenvalue weighted by atomic mass is 16.1. The third kappa shape index (κ3) is 3.81. The summed E-state index contributed by atoms with van der Waals surface area (Å²) in [5.74, 6) is 0.603. The average molecular weight is 311 g/mol. The highest BCUT2D eigenvalue weighted by molar-refractivity contribution is 5.99. The van der Waals surface area contributed by atoms with Crippen molar-refractivity contribution >= 4 is 5.91 Å². The van der Waals surface area contributed by atoms with Gasteiger partial charge in [0.2, 0.25) is 0 Å². The first-order valence-electron chi connectivity index (χ1n) is 8.68. The second kappa shape index (κ2) is 7.44. The zero-order chi connectivity index (χ0) is 16.1. The van der Waals surface area contributed by atoms with Crippen LogP contribution in [0.2, 0.25) is 0 Å². The lowest BCUT2D eigenvalue weighted by atomic mass is 9.89. The monoisotopic (exact) mass is 311 g/mol. The Bertz CT molecular complexity index is 639. The van der Waals surface area contributed by atoms with Crippen LogP contribution < -0.4 is 5.32 Å². The molecule has 4 nitrogen and oxygen atoms in total. The van der Waals surface area contributed by atoms with E-state index in [0.717, 1.165) is 24.2 Å². The Kier molecular flexibility index (Phi) is 5.11. The first-order valence-corrected chi connectivity index (χ1v) is 8.68. The molecule has 0 saturated heterocycles. The molecule has 0 bridgehead atoms. The standard InChI is InChI=1S/C19H25N3O/c1-2-14-8-10-16(11-9-14)18-17(13-21-22-18)19(23)20-12-15-6-4-3-5-7-15/h8-11,13,15H,2-7,12H2,1H3,(H,20,23)(H,21,22). The topological polar surface area (TPSA) is 57.8 Å². The van der Waals surface area contributed by atoms with Gasteiger partial charge in [-0.1, -0.05) is 50.5 Å². The number of nitrogens with zero attached hydrogens (tertiary/aromatic N) is 1. The largest absolute Gasteiger partial charge is 0.352 e. The number of H-pyrrole nitrogens is 1. The summed E-state index contributed by atoms with van der Waals surface area (Å²) >= 11 is 0. The molecular formula is C19H25N3O. The van der Waals surface area contributed by atoms with Gasteiger partial charge >= 0.3 is 0 Å². The fraction of sp³-hybridized carbons (Fsp3) is 0.474. The Morgan fingerprint density at radius 3 is 2.65 bits per heavy atom. The van der Waals surface area contributed by atoms with Gasteiger partial charge in [-0.2, -0.15) is 5.10 Å². The van der Waals surface area contributed by atoms with Gasteiger partial charge in [-0.25, -0.2) is 0 Å². The molecular weight excluding hydrogens is 286 g/mol. The molecule has 0 spiro atoms. The van der Waals surface area contributed by atoms with Crippen molar-refractivity contribution in [3.8, 4) is 11.3 Å². The van der Waals surface area contributed by atoms with E-state index in [2.05, 4.69) is 34.6 Å². The van der Waals surface area contributed by atoms with Crippen LogP contribution in [0, 0.1) is 5.92 Å². The first-order chi connectivity index (χ1) is 11.3. The molecule has 1 aliphatic rings. The fourth-order valence-corrected chi connectivity index (χ4v) is 3.31. The Labute approximate surface area is 137 Å². The number of carbonyl (C=O) groups is 1. The summed E-state index contributed by atoms with van der Waals surface area (Å²) in [6, 6.07) is 8.29. The molecule has 1 aliphatic carbocycles. The summed E-state index contributed by atoms with van der Waals surface area (Å²) in [5, 5.41) is 10.1. The smallest absolute Gasteiger partial charge is 0.255 e. The molecule has 122 valence electrons. The highest BCUT2D eigenvalue weighted by Crippen LogP contribution is 2.24. The maximum Gasteiger partial charge on any atom is 0.255 e. The van der Waals surface area contributed by atoms with Crippen molar-refractivity contribution < 1.29 is 4.79 Å². The molecule has 1 amide bonds. The van der Waals surface area contributed by atoms with E-state index >= 15 is 0 Å². The predicted octanol–water partition coefficient (Wildman–Crippen LogP) is 3.95. The van der Waals surface area contributed by atoms with Crippen molar-refractivity contribution in [1.82, 2.24) is 15.5 Å². The van der Waals surface area contributed by atoms with Crippen LogP contribution in [0.3, 0.4) is 0 Å². The molecule has 0 unspecified atom stereocenters. The molecule has 1 saturated carbocycles. The summed E-state index contributed by atoms with van der Waals surface area (Å²) in [6.07, 6.45) is 9.03. The van der Waals surface area contributed by atoms with Crippen molar-refractivity contribution in [2.24, 2.45) is 5.92 Å². The lowest BCUT2D eigenvalue weighted by molar-refractivity contribution is 0.0944. The minimum atomic E-state index is -0.0288. The Hall–Kier alpha value is -2.10. The van der Waals surface area contributed by atoms with Gasteiger partial charge in [0.15, 0.2) is 0 Å². The van der Waals surface area contributed by atoms with Gasteiger partial charge in [-0.3, -0.25) is 9.89 Å². The normalized spacial score (nSPS) is 15.5. The molecule has 2 N–H and O–H groups in total. The van der Waals surface area contributed by atoms with Crippen LogP contribution in [0.5, 0.6) is 0 Å². The van der Waals surface area contributed by atoms with Gasteiger partial charge in [0.05, 0.1) is 17.5 Å². The molecule has 0 radical (unpaired) electrons. The maximum atomic E-state index is 12.5. The van der Waals surface area contributed by atoms with Crippen LogP contribution in [0.1, 0.15) is 54.9 Å². The summed E-state index contributed by atoms with van der Waals surface area (Å²) in [6.45, 7) is 2.91. The molecule has 3 rings (SSSR count). The SMILES string of the molecule is CCc1ccc(-c2[nH]ncc2C(=O)NCC2CCCCC2)cc1. The Morgan fingerprint density at radius 2 is 1.96 bits per heavy atom. The van der Waals surface area contributed by atoms with Crippen molar-refractivity contribution in [3.63, 3.8) is 0 Å². The molecule has 1 aromatic heterocycles. The van der Waals surface area contributed by atoms with Gasteiger partial charge in [0, 0.05) is 12.1 Å². The van der Waals surface area contributed by atoms with E-state index in [1.54, 1.807) is 6.20 Å². The number of benzene rings is 1. The molecule has 1 heterocycles. The van der Waals surface area contributed by atoms with Gasteiger partial charge in [0.25, 0.3) is 5.91 Å². The van der Waals surface area contributed by atoms with Crippen LogP contribution in [0.4, 0.5) is 0 Å². The van der Waals surface area contributed by atoms with E-state index in [4.69, 9.17) is 0 Å². The lowest BCUT2D eigenvalue weighted by Crippen LogP contribution is -2.30. The molecule has 0 aliphatic heterocycles. The zero-order valence-electron chi connectivity index (χ0n) is 13.8. The third-order valence-corrected chi connectivity index (χ3v) is 4.81. The van der Waals surface area contributed by atoms with Gasteiger partial charge < -0.3 is 5.32 Å². The van der Waals surface area contributed by atoms with Gasteiger partial charge in [-0.15, -0.1) is 0 Å². The number of carbonyl (C=O) groups excluding carboxylic acids is 1. The van der Waals surface area contributed by atoms with E-state index in [1.807, 2.05) is 12.1 Å². The number of aromatic amines is 1. The minimum Gasteiger partial charge on any atom is -0.352 e. The van der Waals surface area contributed by atoms with Gasteiger partial charge in [0.1, 0.15) is 0 Å². The number of aromatic nitrogens is 2. The van der Waals surface area contributed by atoms with Crippen LogP contribution in [0.25, 0.3) is 11.3 Å². The minimum absolute atomic E-state index is 0.0288. The second-order valence-electron chi connectivity index (χ2n) is 6.42. The van der Waals surface area contributed by atoms with Crippen molar-refractivity contribution in [2.45, 2.75) is 45.4 Å². The number of rotatable bonds is 5. The van der Waals surface area contributed by atoms with Crippen molar-refractivity contribution in [1.29, 1.82) is 0 Å². The van der Waals surface area contributed by atoms with Crippen molar-refractivity contribution in [3.05, 3.63) is 41.6 Å². The molecule has 4 heteroatoms. The molecule has 2 aromatic rings. The average Bonchev–Trinajstić information content (AvgIpc) is 3.10.